The van der Waals surface area contributed by atoms with Crippen molar-refractivity contribution in [2.24, 2.45) is 0 Å². The van der Waals surface area contributed by atoms with Crippen molar-refractivity contribution in [2.75, 3.05) is 33.4 Å². The van der Waals surface area contributed by atoms with Gasteiger partial charge in [-0.05, 0) is 6.42 Å². The molecule has 0 aromatic carbocycles. The highest BCUT2D eigenvalue weighted by Crippen LogP contribution is 2.04. The lowest BCUT2D eigenvalue weighted by molar-refractivity contribution is -0.121. The molecule has 1 fully saturated rings. The van der Waals surface area contributed by atoms with E-state index in [1.807, 2.05) is 0 Å². The Morgan fingerprint density at radius 1 is 1.53 bits per heavy atom. The average Bonchev–Trinajstić information content (AvgIpc) is 2.71. The third-order valence-electron chi connectivity index (χ3n) is 2.63. The van der Waals surface area contributed by atoms with Gasteiger partial charge in [0.25, 0.3) is 0 Å². The largest absolute Gasteiger partial charge is 0.383 e. The summed E-state index contributed by atoms with van der Waals surface area (Å²) in [6, 6.07) is 0.221. The molecule has 1 heterocycles. The monoisotopic (exact) mass is 243 g/mol. The fourth-order valence-corrected chi connectivity index (χ4v) is 1.69. The minimum absolute atomic E-state index is 0.0185. The average molecular weight is 243 g/mol. The highest BCUT2D eigenvalue weighted by atomic mass is 16.5. The van der Waals surface area contributed by atoms with Crippen LogP contribution in [0.1, 0.15) is 19.3 Å². The summed E-state index contributed by atoms with van der Waals surface area (Å²) in [5.74, 6) is 0.138. The Labute approximate surface area is 101 Å². The third-order valence-corrected chi connectivity index (χ3v) is 2.63. The van der Waals surface area contributed by atoms with Crippen molar-refractivity contribution in [1.82, 2.24) is 16.0 Å². The van der Waals surface area contributed by atoms with Gasteiger partial charge in [0.05, 0.1) is 6.61 Å². The molecule has 3 N–H and O–H groups in total. The summed E-state index contributed by atoms with van der Waals surface area (Å²) in [6.07, 6.45) is 1.94. The summed E-state index contributed by atoms with van der Waals surface area (Å²) in [5, 5.41) is 8.77. The molecule has 0 spiro atoms. The summed E-state index contributed by atoms with van der Waals surface area (Å²) in [5.41, 5.74) is 0. The lowest BCUT2D eigenvalue weighted by atomic mass is 10.2. The fraction of sp³-hybridized carbons (Fsp3) is 0.818. The van der Waals surface area contributed by atoms with E-state index in [0.717, 1.165) is 13.0 Å². The first-order chi connectivity index (χ1) is 8.22. The number of hydrogen-bond donors (Lipinski definition) is 3. The van der Waals surface area contributed by atoms with Gasteiger partial charge in [-0.15, -0.1) is 0 Å². The first-order valence-corrected chi connectivity index (χ1v) is 5.98. The molecule has 1 atom stereocenters. The molecule has 98 valence electrons. The Kier molecular flexibility index (Phi) is 6.57. The molecule has 1 aliphatic rings. The predicted octanol–water partition coefficient (Wildman–Crippen LogP) is -0.993. The van der Waals surface area contributed by atoms with Crippen molar-refractivity contribution in [2.45, 2.75) is 25.3 Å². The summed E-state index contributed by atoms with van der Waals surface area (Å²) in [7, 11) is 1.60. The summed E-state index contributed by atoms with van der Waals surface area (Å²) >= 11 is 0. The van der Waals surface area contributed by atoms with Crippen LogP contribution in [0.25, 0.3) is 0 Å². The van der Waals surface area contributed by atoms with Crippen LogP contribution in [0.5, 0.6) is 0 Å². The third kappa shape index (κ3) is 6.23. The van der Waals surface area contributed by atoms with E-state index in [-0.39, 0.29) is 17.9 Å². The van der Waals surface area contributed by atoms with Crippen molar-refractivity contribution < 1.29 is 14.3 Å². The fourth-order valence-electron chi connectivity index (χ4n) is 1.69. The van der Waals surface area contributed by atoms with E-state index in [4.69, 9.17) is 4.74 Å². The number of hydrogen-bond acceptors (Lipinski definition) is 4. The van der Waals surface area contributed by atoms with Gasteiger partial charge in [-0.3, -0.25) is 9.59 Å². The lowest BCUT2D eigenvalue weighted by Crippen LogP contribution is -2.37. The van der Waals surface area contributed by atoms with E-state index < -0.39 is 0 Å². The zero-order valence-electron chi connectivity index (χ0n) is 10.3. The number of rotatable bonds is 8. The summed E-state index contributed by atoms with van der Waals surface area (Å²) in [6.45, 7) is 2.45. The van der Waals surface area contributed by atoms with Crippen LogP contribution in [0.3, 0.4) is 0 Å². The summed E-state index contributed by atoms with van der Waals surface area (Å²) in [4.78, 5) is 22.2. The topological polar surface area (TPSA) is 79.5 Å². The lowest BCUT2D eigenvalue weighted by Gasteiger charge is -2.11. The maximum Gasteiger partial charge on any atom is 0.221 e. The number of amides is 2. The van der Waals surface area contributed by atoms with Crippen LogP contribution in [0, 0.1) is 0 Å². The standard InChI is InChI=1S/C11H21N3O3/c1-17-7-6-13-10(15)4-5-12-8-9-2-3-11(16)14-9/h9,12H,2-8H2,1H3,(H,13,15)(H,14,16). The van der Waals surface area contributed by atoms with Gasteiger partial charge >= 0.3 is 0 Å². The maximum absolute atomic E-state index is 11.3. The number of ether oxygens (including phenoxy) is 1. The molecule has 6 heteroatoms. The molecule has 0 bridgehead atoms. The molecule has 0 radical (unpaired) electrons. The van der Waals surface area contributed by atoms with Crippen LogP contribution in [0.15, 0.2) is 0 Å². The Hall–Kier alpha value is -1.14. The van der Waals surface area contributed by atoms with Crippen molar-refractivity contribution in [1.29, 1.82) is 0 Å². The van der Waals surface area contributed by atoms with E-state index in [2.05, 4.69) is 16.0 Å². The second kappa shape index (κ2) is 8.03. The Morgan fingerprint density at radius 2 is 2.35 bits per heavy atom. The predicted molar refractivity (Wildman–Crippen MR) is 63.5 cm³/mol. The first kappa shape index (κ1) is 13.9. The highest BCUT2D eigenvalue weighted by Gasteiger charge is 2.19. The Balaban J connectivity index is 1.93. The summed E-state index contributed by atoms with van der Waals surface area (Å²) < 4.78 is 4.82. The van der Waals surface area contributed by atoms with Gasteiger partial charge in [-0.2, -0.15) is 0 Å². The van der Waals surface area contributed by atoms with E-state index >= 15 is 0 Å². The molecule has 1 rings (SSSR count). The molecular weight excluding hydrogens is 222 g/mol. The van der Waals surface area contributed by atoms with Gasteiger partial charge in [0, 0.05) is 45.6 Å². The molecule has 6 nitrogen and oxygen atoms in total. The van der Waals surface area contributed by atoms with E-state index in [1.54, 1.807) is 7.11 Å². The molecule has 0 aliphatic carbocycles. The minimum Gasteiger partial charge on any atom is -0.383 e. The zero-order chi connectivity index (χ0) is 12.5. The molecule has 1 saturated heterocycles. The van der Waals surface area contributed by atoms with Crippen LogP contribution in [-0.4, -0.2) is 51.2 Å². The molecule has 0 aromatic heterocycles. The quantitative estimate of drug-likeness (QED) is 0.478. The van der Waals surface area contributed by atoms with Gasteiger partial charge in [0.15, 0.2) is 0 Å². The number of methoxy groups -OCH3 is 1. The van der Waals surface area contributed by atoms with Crippen molar-refractivity contribution in [3.63, 3.8) is 0 Å². The van der Waals surface area contributed by atoms with E-state index in [0.29, 0.717) is 32.5 Å². The molecule has 0 saturated carbocycles. The molecule has 2 amide bonds. The SMILES string of the molecule is COCCNC(=O)CCNCC1CCC(=O)N1. The normalized spacial score (nSPS) is 19.1. The smallest absolute Gasteiger partial charge is 0.221 e. The maximum atomic E-state index is 11.3. The van der Waals surface area contributed by atoms with Crippen LogP contribution in [-0.2, 0) is 14.3 Å². The number of carbonyl (C=O) groups is 2. The number of carbonyl (C=O) groups excluding carboxylic acids is 2. The zero-order valence-corrected chi connectivity index (χ0v) is 10.3. The van der Waals surface area contributed by atoms with Crippen molar-refractivity contribution in [3.05, 3.63) is 0 Å². The minimum atomic E-state index is 0.0185. The second-order valence-electron chi connectivity index (χ2n) is 4.10. The van der Waals surface area contributed by atoms with Gasteiger partial charge in [-0.1, -0.05) is 0 Å². The molecule has 17 heavy (non-hydrogen) atoms. The molecule has 1 aliphatic heterocycles. The van der Waals surface area contributed by atoms with E-state index in [9.17, 15) is 9.59 Å². The molecular formula is C11H21N3O3. The van der Waals surface area contributed by atoms with E-state index in [1.165, 1.54) is 0 Å². The Bertz CT molecular complexity index is 258. The first-order valence-electron chi connectivity index (χ1n) is 5.98. The molecule has 0 aromatic rings. The van der Waals surface area contributed by atoms with Gasteiger partial charge in [0.1, 0.15) is 0 Å². The van der Waals surface area contributed by atoms with Gasteiger partial charge in [0.2, 0.25) is 11.8 Å². The van der Waals surface area contributed by atoms with Crippen LogP contribution in [0.4, 0.5) is 0 Å². The van der Waals surface area contributed by atoms with Gasteiger partial charge < -0.3 is 20.7 Å². The van der Waals surface area contributed by atoms with Gasteiger partial charge in [-0.25, -0.2) is 0 Å². The second-order valence-corrected chi connectivity index (χ2v) is 4.10. The Morgan fingerprint density at radius 3 is 3.00 bits per heavy atom. The molecule has 1 unspecified atom stereocenters. The van der Waals surface area contributed by atoms with Crippen molar-refractivity contribution in [3.8, 4) is 0 Å². The van der Waals surface area contributed by atoms with Crippen LogP contribution in [0.2, 0.25) is 0 Å². The van der Waals surface area contributed by atoms with Crippen molar-refractivity contribution >= 4 is 11.8 Å². The van der Waals surface area contributed by atoms with Crippen LogP contribution < -0.4 is 16.0 Å². The highest BCUT2D eigenvalue weighted by molar-refractivity contribution is 5.78. The van der Waals surface area contributed by atoms with Crippen LogP contribution >= 0.6 is 0 Å². The number of nitrogens with one attached hydrogen (secondary N) is 3.